The van der Waals surface area contributed by atoms with Crippen LogP contribution in [0.3, 0.4) is 0 Å². The summed E-state index contributed by atoms with van der Waals surface area (Å²) in [4.78, 5) is 10.2. The van der Waals surface area contributed by atoms with Crippen LogP contribution >= 0.6 is 0 Å². The lowest BCUT2D eigenvalue weighted by molar-refractivity contribution is -0.921. The first kappa shape index (κ1) is 21.0. The Morgan fingerprint density at radius 2 is 1.50 bits per heavy atom. The number of benzene rings is 1. The number of hydrogen-bond donors (Lipinski definition) is 2. The number of hydrogen-bond acceptors (Lipinski definition) is 2. The van der Waals surface area contributed by atoms with Crippen molar-refractivity contribution in [2.45, 2.75) is 27.7 Å². The van der Waals surface area contributed by atoms with E-state index in [1.54, 1.807) is 0 Å². The number of nitrogens with zero attached hydrogens (tertiary/aromatic N) is 1. The molecule has 0 aromatic heterocycles. The molecule has 0 unspecified atom stereocenters. The fourth-order valence-electron chi connectivity index (χ4n) is 1.98. The van der Waals surface area contributed by atoms with E-state index >= 15 is 0 Å². The molecular weight excluding hydrogens is 278 g/mol. The summed E-state index contributed by atoms with van der Waals surface area (Å²) in [6.45, 7) is 14.2. The third-order valence-electron chi connectivity index (χ3n) is 3.78. The summed E-state index contributed by atoms with van der Waals surface area (Å²) >= 11 is 0. The molecule has 0 amide bonds. The molecule has 0 aliphatic rings. The number of rotatable bonds is 5. The van der Waals surface area contributed by atoms with Crippen LogP contribution in [0.1, 0.15) is 38.1 Å². The second-order valence-electron chi connectivity index (χ2n) is 4.46. The molecule has 116 valence electrons. The van der Waals surface area contributed by atoms with Crippen LogP contribution in [0.4, 0.5) is 0 Å². The molecule has 20 heavy (non-hydrogen) atoms. The maximum Gasteiger partial charge on any atom is 0.335 e. The molecule has 0 radical (unpaired) electrons. The highest BCUT2D eigenvalue weighted by Gasteiger charge is 2.16. The zero-order valence-corrected chi connectivity index (χ0v) is 13.5. The van der Waals surface area contributed by atoms with E-state index < -0.39 is 5.97 Å². The molecule has 0 heterocycles. The van der Waals surface area contributed by atoms with E-state index in [1.807, 2.05) is 0 Å². The van der Waals surface area contributed by atoms with Gasteiger partial charge in [-0.1, -0.05) is 6.07 Å². The molecule has 0 atom stereocenters. The normalized spacial score (nSPS) is 10.0. The number of halogens is 1. The van der Waals surface area contributed by atoms with Gasteiger partial charge in [-0.3, -0.25) is 0 Å². The maximum atomic E-state index is 10.2. The Labute approximate surface area is 128 Å². The van der Waals surface area contributed by atoms with Gasteiger partial charge < -0.3 is 27.1 Å². The molecule has 2 N–H and O–H groups in total. The van der Waals surface area contributed by atoms with Crippen LogP contribution in [-0.2, 0) is 0 Å². The van der Waals surface area contributed by atoms with Crippen LogP contribution in [0.15, 0.2) is 24.3 Å². The van der Waals surface area contributed by atoms with Gasteiger partial charge in [0.2, 0.25) is 0 Å². The molecular formula is C15H26ClNO3. The highest BCUT2D eigenvalue weighted by Crippen LogP contribution is 2.10. The Balaban J connectivity index is 0. The number of carbonyl (C=O) groups is 1. The topological polar surface area (TPSA) is 57.5 Å². The molecule has 1 aromatic rings. The smallest absolute Gasteiger partial charge is 0.335 e. The van der Waals surface area contributed by atoms with Crippen molar-refractivity contribution in [3.05, 3.63) is 29.8 Å². The average Bonchev–Trinajstić information content (AvgIpc) is 2.43. The van der Waals surface area contributed by atoms with Crippen molar-refractivity contribution in [1.82, 2.24) is 0 Å². The van der Waals surface area contributed by atoms with Crippen LogP contribution in [0.25, 0.3) is 0 Å². The zero-order valence-electron chi connectivity index (χ0n) is 12.8. The Bertz CT molecular complexity index is 375. The van der Waals surface area contributed by atoms with Gasteiger partial charge in [-0.25, -0.2) is 4.79 Å². The number of carboxylic acid groups (broad SMARTS) is 1. The molecule has 0 fully saturated rings. The first-order valence-corrected chi connectivity index (χ1v) is 6.82. The summed E-state index contributed by atoms with van der Waals surface area (Å²) in [7, 11) is 0. The third-order valence-corrected chi connectivity index (χ3v) is 3.78. The molecule has 5 heteroatoms. The van der Waals surface area contributed by atoms with Gasteiger partial charge in [0, 0.05) is 0 Å². The zero-order chi connectivity index (χ0) is 14.9. The molecule has 0 saturated heterocycles. The average molecular weight is 304 g/mol. The van der Waals surface area contributed by atoms with Crippen molar-refractivity contribution < 1.29 is 31.9 Å². The van der Waals surface area contributed by atoms with E-state index in [2.05, 4.69) is 27.7 Å². The van der Waals surface area contributed by atoms with Gasteiger partial charge in [0.1, 0.15) is 5.75 Å². The van der Waals surface area contributed by atoms with E-state index in [0.29, 0.717) is 0 Å². The molecule has 0 spiro atoms. The summed E-state index contributed by atoms with van der Waals surface area (Å²) in [5, 5.41) is 17.2. The van der Waals surface area contributed by atoms with Crippen LogP contribution in [0.5, 0.6) is 5.75 Å². The predicted molar refractivity (Wildman–Crippen MR) is 77.5 cm³/mol. The molecule has 0 saturated carbocycles. The third kappa shape index (κ3) is 6.78. The molecule has 0 bridgehead atoms. The minimum absolute atomic E-state index is 0. The minimum atomic E-state index is -1.03. The number of quaternary nitrogens is 1. The van der Waals surface area contributed by atoms with Crippen molar-refractivity contribution >= 4 is 5.97 Å². The second-order valence-corrected chi connectivity index (χ2v) is 4.46. The van der Waals surface area contributed by atoms with E-state index in [1.165, 1.54) is 54.9 Å². The maximum absolute atomic E-state index is 10.2. The van der Waals surface area contributed by atoms with E-state index in [-0.39, 0.29) is 23.7 Å². The number of aromatic carboxylic acids is 1. The van der Waals surface area contributed by atoms with Crippen LogP contribution < -0.4 is 12.4 Å². The Morgan fingerprint density at radius 1 is 1.05 bits per heavy atom. The van der Waals surface area contributed by atoms with E-state index in [0.717, 1.165) is 0 Å². The molecule has 0 aliphatic carbocycles. The van der Waals surface area contributed by atoms with Gasteiger partial charge >= 0.3 is 5.97 Å². The summed E-state index contributed by atoms with van der Waals surface area (Å²) in [5.41, 5.74) is 0.0972. The highest BCUT2D eigenvalue weighted by atomic mass is 35.5. The molecule has 4 nitrogen and oxygen atoms in total. The monoisotopic (exact) mass is 303 g/mol. The predicted octanol–water partition coefficient (Wildman–Crippen LogP) is -0.0228. The standard InChI is InChI=1S/C8H20N.C7H6O3.ClH/c1-5-9(6-2,7-3)8-4;8-6-3-1-2-5(4-6)7(9)10;/h5-8H2,1-4H3;1-4,8H,(H,9,10);1H/q+1;;/p-1. The van der Waals surface area contributed by atoms with Crippen LogP contribution in [0, 0.1) is 0 Å². The van der Waals surface area contributed by atoms with Gasteiger partial charge in [-0.2, -0.15) is 0 Å². The van der Waals surface area contributed by atoms with Crippen LogP contribution in [-0.4, -0.2) is 46.8 Å². The summed E-state index contributed by atoms with van der Waals surface area (Å²) in [6, 6.07) is 5.52. The summed E-state index contributed by atoms with van der Waals surface area (Å²) in [5.74, 6) is -1.06. The number of phenols is 1. The number of phenolic OH excluding ortho intramolecular Hbond substituents is 1. The Morgan fingerprint density at radius 3 is 1.70 bits per heavy atom. The van der Waals surface area contributed by atoms with E-state index in [4.69, 9.17) is 10.2 Å². The fraction of sp³-hybridized carbons (Fsp3) is 0.533. The number of aromatic hydroxyl groups is 1. The first-order chi connectivity index (χ1) is 8.94. The lowest BCUT2D eigenvalue weighted by Gasteiger charge is -2.34. The molecule has 0 aliphatic heterocycles. The molecule has 1 rings (SSSR count). The minimum Gasteiger partial charge on any atom is -1.00 e. The van der Waals surface area contributed by atoms with Gasteiger partial charge in [0.05, 0.1) is 31.7 Å². The quantitative estimate of drug-likeness (QED) is 0.752. The highest BCUT2D eigenvalue weighted by molar-refractivity contribution is 5.87. The summed E-state index contributed by atoms with van der Waals surface area (Å²) < 4.78 is 1.28. The lowest BCUT2D eigenvalue weighted by atomic mass is 10.2. The summed E-state index contributed by atoms with van der Waals surface area (Å²) in [6.07, 6.45) is 0. The van der Waals surface area contributed by atoms with Gasteiger partial charge in [-0.05, 0) is 45.9 Å². The van der Waals surface area contributed by atoms with Gasteiger partial charge in [0.25, 0.3) is 0 Å². The first-order valence-electron chi connectivity index (χ1n) is 6.82. The molecule has 1 aromatic carbocycles. The second kappa shape index (κ2) is 10.5. The Kier molecular flexibility index (Phi) is 11.1. The Hall–Kier alpha value is -1.26. The number of carboxylic acids is 1. The van der Waals surface area contributed by atoms with Crippen molar-refractivity contribution in [2.24, 2.45) is 0 Å². The largest absolute Gasteiger partial charge is 1.00 e. The van der Waals surface area contributed by atoms with Gasteiger partial charge in [-0.15, -0.1) is 0 Å². The van der Waals surface area contributed by atoms with Crippen LogP contribution in [0.2, 0.25) is 0 Å². The van der Waals surface area contributed by atoms with Crippen molar-refractivity contribution in [2.75, 3.05) is 26.2 Å². The lowest BCUT2D eigenvalue weighted by Crippen LogP contribution is -3.00. The van der Waals surface area contributed by atoms with Crippen molar-refractivity contribution in [3.63, 3.8) is 0 Å². The SMILES string of the molecule is CC[N+](CC)(CC)CC.O=C(O)c1cccc(O)c1.[Cl-]. The van der Waals surface area contributed by atoms with Crippen molar-refractivity contribution in [3.8, 4) is 5.75 Å². The van der Waals surface area contributed by atoms with Crippen molar-refractivity contribution in [1.29, 1.82) is 0 Å². The van der Waals surface area contributed by atoms with Gasteiger partial charge in [0.15, 0.2) is 0 Å². The van der Waals surface area contributed by atoms with E-state index in [9.17, 15) is 4.79 Å². The fourth-order valence-corrected chi connectivity index (χ4v) is 1.98.